The van der Waals surface area contributed by atoms with Gasteiger partial charge in [0.05, 0.1) is 7.11 Å². The molecule has 1 aliphatic heterocycles. The predicted octanol–water partition coefficient (Wildman–Crippen LogP) is 1.48. The molecule has 6 heteroatoms. The zero-order valence-corrected chi connectivity index (χ0v) is 14.1. The van der Waals surface area contributed by atoms with Crippen molar-refractivity contribution in [1.29, 1.82) is 0 Å². The Hall–Kier alpha value is -2.47. The fourth-order valence-corrected chi connectivity index (χ4v) is 2.96. The lowest BCUT2D eigenvalue weighted by Gasteiger charge is -2.39. The average Bonchev–Trinajstić information content (AvgIpc) is 2.64. The van der Waals surface area contributed by atoms with Crippen LogP contribution in [0.4, 0.5) is 0 Å². The first-order valence-electron chi connectivity index (χ1n) is 8.08. The third kappa shape index (κ3) is 3.71. The van der Waals surface area contributed by atoms with Crippen LogP contribution in [0.3, 0.4) is 0 Å². The van der Waals surface area contributed by atoms with E-state index < -0.39 is 0 Å². The van der Waals surface area contributed by atoms with E-state index in [1.807, 2.05) is 23.1 Å². The van der Waals surface area contributed by atoms with Crippen LogP contribution in [0.25, 0.3) is 0 Å². The van der Waals surface area contributed by atoms with Gasteiger partial charge in [0, 0.05) is 31.9 Å². The molecule has 1 saturated heterocycles. The number of piperazine rings is 1. The summed E-state index contributed by atoms with van der Waals surface area (Å²) >= 11 is 0. The van der Waals surface area contributed by atoms with Crippen LogP contribution in [0.2, 0.25) is 0 Å². The summed E-state index contributed by atoms with van der Waals surface area (Å²) in [6, 6.07) is 12.5. The molecular weight excluding hydrogens is 304 g/mol. The standard InChI is InChI=1S/C18H22N4O2/c1-21-10-11-22(13-15(21)12-14-6-4-3-5-7-14)17(23)16-8-9-19-18(20-16)24-2/h3-9,15H,10-13H2,1-2H3. The Kier molecular flexibility index (Phi) is 5.05. The van der Waals surface area contributed by atoms with E-state index in [1.54, 1.807) is 12.3 Å². The Labute approximate surface area is 142 Å². The van der Waals surface area contributed by atoms with Crippen LogP contribution in [0, 0.1) is 0 Å². The Morgan fingerprint density at radius 3 is 2.79 bits per heavy atom. The van der Waals surface area contributed by atoms with Gasteiger partial charge in [-0.3, -0.25) is 9.69 Å². The predicted molar refractivity (Wildman–Crippen MR) is 91.1 cm³/mol. The SMILES string of the molecule is COc1nccc(C(=O)N2CCN(C)C(Cc3ccccc3)C2)n1. The summed E-state index contributed by atoms with van der Waals surface area (Å²) in [5.41, 5.74) is 1.66. The Morgan fingerprint density at radius 2 is 2.04 bits per heavy atom. The van der Waals surface area contributed by atoms with Gasteiger partial charge in [-0.15, -0.1) is 0 Å². The highest BCUT2D eigenvalue weighted by Gasteiger charge is 2.28. The second-order valence-electron chi connectivity index (χ2n) is 6.00. The molecule has 6 nitrogen and oxygen atoms in total. The molecule has 1 fully saturated rings. The van der Waals surface area contributed by atoms with Gasteiger partial charge in [-0.25, -0.2) is 4.98 Å². The molecule has 1 atom stereocenters. The number of likely N-dealkylation sites (N-methyl/N-ethyl adjacent to an activating group) is 1. The van der Waals surface area contributed by atoms with Crippen molar-refractivity contribution in [3.8, 4) is 6.01 Å². The van der Waals surface area contributed by atoms with Gasteiger partial charge in [-0.2, -0.15) is 4.98 Å². The van der Waals surface area contributed by atoms with E-state index in [2.05, 4.69) is 34.0 Å². The highest BCUT2D eigenvalue weighted by atomic mass is 16.5. The lowest BCUT2D eigenvalue weighted by atomic mass is 10.0. The number of benzene rings is 1. The minimum absolute atomic E-state index is 0.0677. The van der Waals surface area contributed by atoms with Crippen molar-refractivity contribution >= 4 is 5.91 Å². The second kappa shape index (κ2) is 7.40. The van der Waals surface area contributed by atoms with Crippen LogP contribution in [-0.2, 0) is 6.42 Å². The number of amides is 1. The van der Waals surface area contributed by atoms with Gasteiger partial charge in [0.15, 0.2) is 0 Å². The molecule has 1 unspecified atom stereocenters. The van der Waals surface area contributed by atoms with E-state index in [0.717, 1.165) is 13.0 Å². The highest BCUT2D eigenvalue weighted by molar-refractivity contribution is 5.92. The van der Waals surface area contributed by atoms with Crippen LogP contribution in [0.1, 0.15) is 16.1 Å². The number of rotatable bonds is 4. The molecule has 24 heavy (non-hydrogen) atoms. The van der Waals surface area contributed by atoms with Crippen molar-refractivity contribution in [3.05, 3.63) is 53.9 Å². The van der Waals surface area contributed by atoms with E-state index in [0.29, 0.717) is 24.8 Å². The fraction of sp³-hybridized carbons (Fsp3) is 0.389. The number of hydrogen-bond donors (Lipinski definition) is 0. The average molecular weight is 326 g/mol. The zero-order valence-electron chi connectivity index (χ0n) is 14.1. The molecule has 3 rings (SSSR count). The van der Waals surface area contributed by atoms with E-state index in [1.165, 1.54) is 12.7 Å². The highest BCUT2D eigenvalue weighted by Crippen LogP contribution is 2.16. The number of nitrogens with zero attached hydrogens (tertiary/aromatic N) is 4. The molecule has 1 amide bonds. The van der Waals surface area contributed by atoms with E-state index in [4.69, 9.17) is 4.74 Å². The molecule has 1 aromatic heterocycles. The number of carbonyl (C=O) groups is 1. The molecule has 2 aromatic rings. The molecule has 2 heterocycles. The molecule has 0 N–H and O–H groups in total. The fourth-order valence-electron chi connectivity index (χ4n) is 2.96. The van der Waals surface area contributed by atoms with Gasteiger partial charge in [0.1, 0.15) is 5.69 Å². The van der Waals surface area contributed by atoms with Gasteiger partial charge in [-0.05, 0) is 25.1 Å². The molecule has 0 bridgehead atoms. The number of methoxy groups -OCH3 is 1. The maximum atomic E-state index is 12.7. The van der Waals surface area contributed by atoms with E-state index in [9.17, 15) is 4.79 Å². The molecule has 0 radical (unpaired) electrons. The molecule has 126 valence electrons. The summed E-state index contributed by atoms with van der Waals surface area (Å²) in [4.78, 5) is 25.0. The third-order valence-corrected chi connectivity index (χ3v) is 4.41. The largest absolute Gasteiger partial charge is 0.467 e. The number of ether oxygens (including phenoxy) is 1. The maximum Gasteiger partial charge on any atom is 0.316 e. The molecular formula is C18H22N4O2. The van der Waals surface area contributed by atoms with Crippen LogP contribution in [0.5, 0.6) is 6.01 Å². The summed E-state index contributed by atoms with van der Waals surface area (Å²) in [5.74, 6) is -0.0677. The lowest BCUT2D eigenvalue weighted by Crippen LogP contribution is -2.54. The van der Waals surface area contributed by atoms with Crippen molar-refractivity contribution in [2.45, 2.75) is 12.5 Å². The first-order chi connectivity index (χ1) is 11.7. The van der Waals surface area contributed by atoms with Gasteiger partial charge in [0.2, 0.25) is 0 Å². The van der Waals surface area contributed by atoms with Crippen molar-refractivity contribution < 1.29 is 9.53 Å². The zero-order chi connectivity index (χ0) is 16.9. The summed E-state index contributed by atoms with van der Waals surface area (Å²) in [7, 11) is 3.61. The minimum atomic E-state index is -0.0677. The molecule has 0 aliphatic carbocycles. The van der Waals surface area contributed by atoms with Gasteiger partial charge in [-0.1, -0.05) is 30.3 Å². The first-order valence-corrected chi connectivity index (χ1v) is 8.08. The third-order valence-electron chi connectivity index (χ3n) is 4.41. The van der Waals surface area contributed by atoms with Crippen LogP contribution < -0.4 is 4.74 Å². The van der Waals surface area contributed by atoms with Gasteiger partial charge >= 0.3 is 6.01 Å². The Bertz CT molecular complexity index is 692. The molecule has 0 spiro atoms. The van der Waals surface area contributed by atoms with Crippen LogP contribution in [-0.4, -0.2) is 65.5 Å². The van der Waals surface area contributed by atoms with Crippen LogP contribution >= 0.6 is 0 Å². The monoisotopic (exact) mass is 326 g/mol. The summed E-state index contributed by atoms with van der Waals surface area (Å²) in [5, 5.41) is 0. The number of hydrogen-bond acceptors (Lipinski definition) is 5. The van der Waals surface area contributed by atoms with Crippen molar-refractivity contribution in [3.63, 3.8) is 0 Å². The second-order valence-corrected chi connectivity index (χ2v) is 6.00. The quantitative estimate of drug-likeness (QED) is 0.852. The topological polar surface area (TPSA) is 58.6 Å². The van der Waals surface area contributed by atoms with Gasteiger partial charge < -0.3 is 9.64 Å². The number of carbonyl (C=O) groups excluding carboxylic acids is 1. The van der Waals surface area contributed by atoms with Crippen molar-refractivity contribution in [2.24, 2.45) is 0 Å². The van der Waals surface area contributed by atoms with Gasteiger partial charge in [0.25, 0.3) is 5.91 Å². The smallest absolute Gasteiger partial charge is 0.316 e. The Balaban J connectivity index is 1.71. The maximum absolute atomic E-state index is 12.7. The van der Waals surface area contributed by atoms with E-state index >= 15 is 0 Å². The molecule has 0 saturated carbocycles. The normalized spacial score (nSPS) is 18.4. The summed E-state index contributed by atoms with van der Waals surface area (Å²) in [6.07, 6.45) is 2.48. The number of aromatic nitrogens is 2. The summed E-state index contributed by atoms with van der Waals surface area (Å²) < 4.78 is 5.01. The van der Waals surface area contributed by atoms with Crippen molar-refractivity contribution in [2.75, 3.05) is 33.8 Å². The molecule has 1 aromatic carbocycles. The van der Waals surface area contributed by atoms with Crippen LogP contribution in [0.15, 0.2) is 42.6 Å². The molecule has 1 aliphatic rings. The minimum Gasteiger partial charge on any atom is -0.467 e. The summed E-state index contributed by atoms with van der Waals surface area (Å²) in [6.45, 7) is 2.24. The lowest BCUT2D eigenvalue weighted by molar-refractivity contribution is 0.0541. The van der Waals surface area contributed by atoms with Crippen molar-refractivity contribution in [1.82, 2.24) is 19.8 Å². The first kappa shape index (κ1) is 16.4. The Morgan fingerprint density at radius 1 is 1.25 bits per heavy atom. The van der Waals surface area contributed by atoms with E-state index in [-0.39, 0.29) is 11.9 Å².